The first kappa shape index (κ1) is 7.89. The van der Waals surface area contributed by atoms with E-state index in [0.29, 0.717) is 0 Å². The number of fused-ring (bicyclic) bond motifs is 1. The van der Waals surface area contributed by atoms with Crippen molar-refractivity contribution in [1.82, 2.24) is 9.97 Å². The Morgan fingerprint density at radius 3 is 1.67 bits per heavy atom. The fraction of sp³-hybridized carbons (Fsp3) is 0. The summed E-state index contributed by atoms with van der Waals surface area (Å²) in [5.74, 6) is 0. The van der Waals surface area contributed by atoms with E-state index in [-0.39, 0.29) is 0 Å². The van der Waals surface area contributed by atoms with Crippen LogP contribution in [-0.4, -0.2) is 9.97 Å². The Bertz CT molecular complexity index is 388. The van der Waals surface area contributed by atoms with Crippen LogP contribution in [0.3, 0.4) is 0 Å². The highest BCUT2D eigenvalue weighted by atomic mass is 32.1. The molecule has 0 spiro atoms. The molecule has 4 heteroatoms. The average Bonchev–Trinajstić information content (AvgIpc) is 2.07. The Morgan fingerprint density at radius 2 is 1.25 bits per heavy atom. The van der Waals surface area contributed by atoms with Crippen LogP contribution in [0.5, 0.6) is 0 Å². The van der Waals surface area contributed by atoms with Crippen molar-refractivity contribution in [3.05, 3.63) is 24.5 Å². The minimum absolute atomic E-state index is 0.825. The number of benzene rings is 1. The van der Waals surface area contributed by atoms with Gasteiger partial charge in [0, 0.05) is 22.2 Å². The Kier molecular flexibility index (Phi) is 1.94. The van der Waals surface area contributed by atoms with Crippen molar-refractivity contribution in [2.75, 3.05) is 0 Å². The molecule has 60 valence electrons. The topological polar surface area (TPSA) is 25.8 Å². The van der Waals surface area contributed by atoms with Gasteiger partial charge in [-0.3, -0.25) is 9.97 Å². The maximum Gasteiger partial charge on any atom is 0.0898 e. The summed E-state index contributed by atoms with van der Waals surface area (Å²) in [5.41, 5.74) is 1.70. The first-order chi connectivity index (χ1) is 5.77. The molecule has 0 amide bonds. The number of rotatable bonds is 0. The molecule has 0 saturated carbocycles. The third-order valence-electron chi connectivity index (χ3n) is 1.57. The smallest absolute Gasteiger partial charge is 0.0898 e. The largest absolute Gasteiger partial charge is 0.253 e. The van der Waals surface area contributed by atoms with E-state index in [0.717, 1.165) is 20.8 Å². The summed E-state index contributed by atoms with van der Waals surface area (Å²) in [7, 11) is 0. The van der Waals surface area contributed by atoms with Crippen LogP contribution in [0.1, 0.15) is 0 Å². The molecule has 0 radical (unpaired) electrons. The van der Waals surface area contributed by atoms with Gasteiger partial charge in [0.2, 0.25) is 0 Å². The molecule has 12 heavy (non-hydrogen) atoms. The van der Waals surface area contributed by atoms with E-state index in [2.05, 4.69) is 35.2 Å². The van der Waals surface area contributed by atoms with Crippen LogP contribution < -0.4 is 0 Å². The highest BCUT2D eigenvalue weighted by molar-refractivity contribution is 7.83. The molecular formula is C8H6N2S2. The Morgan fingerprint density at radius 1 is 0.833 bits per heavy atom. The molecule has 0 aliphatic heterocycles. The summed E-state index contributed by atoms with van der Waals surface area (Å²) >= 11 is 8.46. The van der Waals surface area contributed by atoms with E-state index < -0.39 is 0 Å². The van der Waals surface area contributed by atoms with Crippen molar-refractivity contribution in [3.63, 3.8) is 0 Å². The first-order valence-corrected chi connectivity index (χ1v) is 4.29. The summed E-state index contributed by atoms with van der Waals surface area (Å²) in [5, 5.41) is 0. The molecule has 1 heterocycles. The molecule has 2 rings (SSSR count). The van der Waals surface area contributed by atoms with Crippen LogP contribution in [0, 0.1) is 0 Å². The second kappa shape index (κ2) is 2.95. The molecule has 1 aromatic heterocycles. The quantitative estimate of drug-likeness (QED) is 0.629. The van der Waals surface area contributed by atoms with Crippen LogP contribution in [0.15, 0.2) is 34.3 Å². The minimum atomic E-state index is 0.825. The number of hydrogen-bond acceptors (Lipinski definition) is 4. The zero-order chi connectivity index (χ0) is 8.55. The van der Waals surface area contributed by atoms with Crippen molar-refractivity contribution < 1.29 is 0 Å². The summed E-state index contributed by atoms with van der Waals surface area (Å²) in [6.45, 7) is 0. The van der Waals surface area contributed by atoms with Crippen LogP contribution in [0.25, 0.3) is 11.0 Å². The molecule has 0 aliphatic carbocycles. The molecule has 0 saturated heterocycles. The van der Waals surface area contributed by atoms with Gasteiger partial charge in [0.1, 0.15) is 0 Å². The molecule has 0 N–H and O–H groups in total. The average molecular weight is 194 g/mol. The predicted octanol–water partition coefficient (Wildman–Crippen LogP) is 2.21. The second-order valence-electron chi connectivity index (χ2n) is 2.39. The standard InChI is InChI=1S/C8H6N2S2/c11-7-3-5-6(4-8(7)12)10-2-1-9-5/h1-4,11-12H. The maximum absolute atomic E-state index is 4.23. The Labute approximate surface area is 80.9 Å². The lowest BCUT2D eigenvalue weighted by Gasteiger charge is -1.99. The van der Waals surface area contributed by atoms with E-state index in [1.54, 1.807) is 12.4 Å². The van der Waals surface area contributed by atoms with Gasteiger partial charge in [0.05, 0.1) is 11.0 Å². The van der Waals surface area contributed by atoms with E-state index in [1.807, 2.05) is 12.1 Å². The predicted molar refractivity (Wildman–Crippen MR) is 54.0 cm³/mol. The number of aromatic nitrogens is 2. The maximum atomic E-state index is 4.23. The van der Waals surface area contributed by atoms with Crippen LogP contribution in [-0.2, 0) is 0 Å². The summed E-state index contributed by atoms with van der Waals surface area (Å²) in [6, 6.07) is 3.71. The minimum Gasteiger partial charge on any atom is -0.253 e. The van der Waals surface area contributed by atoms with Gasteiger partial charge < -0.3 is 0 Å². The normalized spacial score (nSPS) is 10.5. The molecular weight excluding hydrogens is 188 g/mol. The van der Waals surface area contributed by atoms with Gasteiger partial charge >= 0.3 is 0 Å². The van der Waals surface area contributed by atoms with E-state index in [9.17, 15) is 0 Å². The van der Waals surface area contributed by atoms with Gasteiger partial charge in [-0.05, 0) is 12.1 Å². The molecule has 0 aliphatic rings. The fourth-order valence-electron chi connectivity index (χ4n) is 0.989. The van der Waals surface area contributed by atoms with Crippen molar-refractivity contribution in [2.24, 2.45) is 0 Å². The first-order valence-electron chi connectivity index (χ1n) is 3.40. The molecule has 1 aromatic carbocycles. The third kappa shape index (κ3) is 1.28. The third-order valence-corrected chi connectivity index (χ3v) is 2.48. The van der Waals surface area contributed by atoms with Gasteiger partial charge in [-0.1, -0.05) is 0 Å². The van der Waals surface area contributed by atoms with Crippen molar-refractivity contribution in [3.8, 4) is 0 Å². The van der Waals surface area contributed by atoms with E-state index in [4.69, 9.17) is 0 Å². The molecule has 0 unspecified atom stereocenters. The molecule has 0 atom stereocenters. The number of hydrogen-bond donors (Lipinski definition) is 2. The van der Waals surface area contributed by atoms with Gasteiger partial charge in [-0.15, -0.1) is 25.3 Å². The highest BCUT2D eigenvalue weighted by Gasteiger charge is 1.99. The van der Waals surface area contributed by atoms with Gasteiger partial charge in [0.25, 0.3) is 0 Å². The summed E-state index contributed by atoms with van der Waals surface area (Å²) in [6.07, 6.45) is 3.32. The number of thiol groups is 2. The van der Waals surface area contributed by atoms with E-state index in [1.165, 1.54) is 0 Å². The van der Waals surface area contributed by atoms with Crippen LogP contribution >= 0.6 is 25.3 Å². The Hall–Kier alpha value is -0.740. The molecule has 2 aromatic rings. The zero-order valence-corrected chi connectivity index (χ0v) is 7.89. The SMILES string of the molecule is Sc1cc2nccnc2cc1S. The van der Waals surface area contributed by atoms with Crippen LogP contribution in [0.4, 0.5) is 0 Å². The van der Waals surface area contributed by atoms with Crippen LogP contribution in [0.2, 0.25) is 0 Å². The fourth-order valence-corrected chi connectivity index (χ4v) is 1.36. The lowest BCUT2D eigenvalue weighted by Crippen LogP contribution is -1.82. The molecule has 0 fully saturated rings. The monoisotopic (exact) mass is 194 g/mol. The summed E-state index contributed by atoms with van der Waals surface area (Å²) < 4.78 is 0. The van der Waals surface area contributed by atoms with Crippen molar-refractivity contribution >= 4 is 36.3 Å². The van der Waals surface area contributed by atoms with Crippen molar-refractivity contribution in [1.29, 1.82) is 0 Å². The number of nitrogens with zero attached hydrogens (tertiary/aromatic N) is 2. The zero-order valence-electron chi connectivity index (χ0n) is 6.10. The summed E-state index contributed by atoms with van der Waals surface area (Å²) in [4.78, 5) is 9.93. The highest BCUT2D eigenvalue weighted by Crippen LogP contribution is 2.22. The molecule has 0 bridgehead atoms. The van der Waals surface area contributed by atoms with Gasteiger partial charge in [-0.25, -0.2) is 0 Å². The van der Waals surface area contributed by atoms with E-state index >= 15 is 0 Å². The van der Waals surface area contributed by atoms with Gasteiger partial charge in [0.15, 0.2) is 0 Å². The Balaban J connectivity index is 2.84. The lowest BCUT2D eigenvalue weighted by atomic mass is 10.3. The van der Waals surface area contributed by atoms with Gasteiger partial charge in [-0.2, -0.15) is 0 Å². The van der Waals surface area contributed by atoms with Crippen molar-refractivity contribution in [2.45, 2.75) is 9.79 Å². The molecule has 2 nitrogen and oxygen atoms in total. The second-order valence-corrected chi connectivity index (χ2v) is 3.35. The lowest BCUT2D eigenvalue weighted by molar-refractivity contribution is 1.22.